The molecule has 3 rings (SSSR count). The van der Waals surface area contributed by atoms with Crippen LogP contribution < -0.4 is 4.90 Å². The molecule has 1 aromatic carbocycles. The normalized spacial score (nSPS) is 19.7. The molecule has 0 aliphatic carbocycles. The van der Waals surface area contributed by atoms with Crippen molar-refractivity contribution < 1.29 is 19.1 Å². The molecule has 0 spiro atoms. The number of furan rings is 1. The van der Waals surface area contributed by atoms with Gasteiger partial charge in [0.15, 0.2) is 11.4 Å². The fraction of sp³-hybridized carbons (Fsp3) is 0.333. The fourth-order valence-electron chi connectivity index (χ4n) is 3.32. The topological polar surface area (TPSA) is 70.8 Å². The van der Waals surface area contributed by atoms with E-state index in [-0.39, 0.29) is 12.2 Å². The van der Waals surface area contributed by atoms with Gasteiger partial charge in [0.25, 0.3) is 5.91 Å². The minimum atomic E-state index is -1.86. The van der Waals surface area contributed by atoms with Crippen molar-refractivity contribution in [2.24, 2.45) is 0 Å². The molecule has 2 heterocycles. The van der Waals surface area contributed by atoms with Gasteiger partial charge in [-0.25, -0.2) is 0 Å². The van der Waals surface area contributed by atoms with Gasteiger partial charge in [-0.1, -0.05) is 15.9 Å². The molecule has 0 bridgehead atoms. The van der Waals surface area contributed by atoms with Crippen LogP contribution in [0.5, 0.6) is 0 Å². The number of ketones is 1. The Morgan fingerprint density at radius 1 is 1.38 bits per heavy atom. The van der Waals surface area contributed by atoms with Gasteiger partial charge >= 0.3 is 0 Å². The second-order valence-electron chi connectivity index (χ2n) is 6.02. The van der Waals surface area contributed by atoms with Gasteiger partial charge in [-0.3, -0.25) is 9.59 Å². The monoisotopic (exact) mass is 391 g/mol. The molecule has 0 radical (unpaired) electrons. The molecule has 6 heteroatoms. The number of hydrogen-bond acceptors (Lipinski definition) is 4. The van der Waals surface area contributed by atoms with Crippen molar-refractivity contribution in [2.45, 2.75) is 32.8 Å². The highest BCUT2D eigenvalue weighted by Crippen LogP contribution is 2.44. The Morgan fingerprint density at radius 3 is 2.67 bits per heavy atom. The lowest BCUT2D eigenvalue weighted by molar-refractivity contribution is -0.135. The summed E-state index contributed by atoms with van der Waals surface area (Å²) in [7, 11) is 0. The number of Topliss-reactive ketones (excluding diaryl/α,β-unsaturated/α-hetero) is 1. The number of likely N-dealkylation sites (N-methyl/N-ethyl adjacent to an activating group) is 1. The molecule has 0 saturated heterocycles. The summed E-state index contributed by atoms with van der Waals surface area (Å²) in [5.74, 6) is -0.280. The standard InChI is InChI=1S/C18H18BrNO4/c1-4-20-14-6-5-12(19)7-13(14)18(23,17(20)22)8-15(21)16-10(2)9-24-11(16)3/h5-7,9,23H,4,8H2,1-3H3/t18-/m1/s1. The molecular formula is C18H18BrNO4. The molecule has 1 amide bonds. The lowest BCUT2D eigenvalue weighted by atomic mass is 9.87. The third-order valence-corrected chi connectivity index (χ3v) is 4.96. The molecule has 1 aromatic heterocycles. The highest BCUT2D eigenvalue weighted by atomic mass is 79.9. The number of carbonyl (C=O) groups excluding carboxylic acids is 2. The summed E-state index contributed by atoms with van der Waals surface area (Å²) in [5, 5.41) is 11.1. The summed E-state index contributed by atoms with van der Waals surface area (Å²) in [6.45, 7) is 5.73. The van der Waals surface area contributed by atoms with Crippen molar-refractivity contribution in [3.05, 3.63) is 51.4 Å². The van der Waals surface area contributed by atoms with E-state index >= 15 is 0 Å². The second-order valence-corrected chi connectivity index (χ2v) is 6.94. The number of rotatable bonds is 4. The number of aliphatic hydroxyl groups is 1. The molecule has 2 aromatic rings. The lowest BCUT2D eigenvalue weighted by Gasteiger charge is -2.22. The minimum absolute atomic E-state index is 0.307. The number of fused-ring (bicyclic) bond motifs is 1. The average molecular weight is 392 g/mol. The van der Waals surface area contributed by atoms with Gasteiger partial charge in [-0.05, 0) is 44.5 Å². The summed E-state index contributed by atoms with van der Waals surface area (Å²) in [6, 6.07) is 5.29. The second kappa shape index (κ2) is 5.86. The van der Waals surface area contributed by atoms with Gasteiger partial charge in [0.05, 0.1) is 23.9 Å². The first-order chi connectivity index (χ1) is 11.3. The zero-order chi connectivity index (χ0) is 17.6. The molecule has 126 valence electrons. The van der Waals surface area contributed by atoms with E-state index in [1.54, 1.807) is 26.0 Å². The number of halogens is 1. The van der Waals surface area contributed by atoms with E-state index in [4.69, 9.17) is 4.42 Å². The van der Waals surface area contributed by atoms with Crippen LogP contribution in [0.15, 0.2) is 33.4 Å². The maximum Gasteiger partial charge on any atom is 0.264 e. The SMILES string of the molecule is CCN1C(=O)[C@@](O)(CC(=O)c2c(C)coc2C)c2cc(Br)ccc21. The lowest BCUT2D eigenvalue weighted by Crippen LogP contribution is -2.41. The van der Waals surface area contributed by atoms with Gasteiger partial charge < -0.3 is 14.4 Å². The van der Waals surface area contributed by atoms with Crippen LogP contribution in [0.4, 0.5) is 5.69 Å². The molecule has 1 aliphatic heterocycles. The molecule has 1 atom stereocenters. The predicted octanol–water partition coefficient (Wildman–Crippen LogP) is 3.49. The van der Waals surface area contributed by atoms with E-state index in [1.165, 1.54) is 11.2 Å². The number of aryl methyl sites for hydroxylation is 2. The maximum atomic E-state index is 12.8. The quantitative estimate of drug-likeness (QED) is 0.809. The molecule has 0 fully saturated rings. The Labute approximate surface area is 148 Å². The van der Waals surface area contributed by atoms with E-state index in [2.05, 4.69) is 15.9 Å². The van der Waals surface area contributed by atoms with Crippen LogP contribution in [-0.4, -0.2) is 23.3 Å². The van der Waals surface area contributed by atoms with Crippen molar-refractivity contribution in [1.82, 2.24) is 0 Å². The highest BCUT2D eigenvalue weighted by molar-refractivity contribution is 9.10. The minimum Gasteiger partial charge on any atom is -0.469 e. The van der Waals surface area contributed by atoms with E-state index in [0.29, 0.717) is 34.7 Å². The Hall–Kier alpha value is -1.92. The van der Waals surface area contributed by atoms with Crippen LogP contribution in [0.25, 0.3) is 0 Å². The zero-order valence-corrected chi connectivity index (χ0v) is 15.3. The van der Waals surface area contributed by atoms with Gasteiger partial charge in [0.2, 0.25) is 0 Å². The summed E-state index contributed by atoms with van der Waals surface area (Å²) >= 11 is 3.37. The van der Waals surface area contributed by atoms with E-state index < -0.39 is 11.5 Å². The number of nitrogens with zero attached hydrogens (tertiary/aromatic N) is 1. The predicted molar refractivity (Wildman–Crippen MR) is 93.2 cm³/mol. The summed E-state index contributed by atoms with van der Waals surface area (Å²) < 4.78 is 6.01. The summed E-state index contributed by atoms with van der Waals surface area (Å²) in [6.07, 6.45) is 1.19. The third-order valence-electron chi connectivity index (χ3n) is 4.46. The number of amides is 1. The third kappa shape index (κ3) is 2.41. The van der Waals surface area contributed by atoms with Crippen molar-refractivity contribution in [1.29, 1.82) is 0 Å². The highest BCUT2D eigenvalue weighted by Gasteiger charge is 2.50. The van der Waals surface area contributed by atoms with Gasteiger partial charge in [-0.15, -0.1) is 0 Å². The van der Waals surface area contributed by atoms with Crippen molar-refractivity contribution in [3.8, 4) is 0 Å². The van der Waals surface area contributed by atoms with E-state index in [9.17, 15) is 14.7 Å². The zero-order valence-electron chi connectivity index (χ0n) is 13.7. The number of benzene rings is 1. The van der Waals surface area contributed by atoms with Crippen LogP contribution in [0.1, 0.15) is 40.6 Å². The largest absolute Gasteiger partial charge is 0.469 e. The van der Waals surface area contributed by atoms with Crippen LogP contribution in [0.2, 0.25) is 0 Å². The first-order valence-electron chi connectivity index (χ1n) is 7.72. The molecule has 0 saturated carbocycles. The van der Waals surface area contributed by atoms with E-state index in [0.717, 1.165) is 4.47 Å². The first kappa shape index (κ1) is 16.9. The first-order valence-corrected chi connectivity index (χ1v) is 8.51. The fourth-order valence-corrected chi connectivity index (χ4v) is 3.68. The molecule has 5 nitrogen and oxygen atoms in total. The van der Waals surface area contributed by atoms with Gasteiger partial charge in [-0.2, -0.15) is 0 Å². The van der Waals surface area contributed by atoms with Gasteiger partial charge in [0.1, 0.15) is 5.76 Å². The number of anilines is 1. The maximum absolute atomic E-state index is 12.8. The molecule has 1 N–H and O–H groups in total. The number of carbonyl (C=O) groups is 2. The van der Waals surface area contributed by atoms with Crippen molar-refractivity contribution >= 4 is 33.3 Å². The molecule has 1 aliphatic rings. The number of hydrogen-bond donors (Lipinski definition) is 1. The van der Waals surface area contributed by atoms with Crippen LogP contribution in [0, 0.1) is 13.8 Å². The summed E-state index contributed by atoms with van der Waals surface area (Å²) in [4.78, 5) is 27.0. The summed E-state index contributed by atoms with van der Waals surface area (Å²) in [5.41, 5.74) is 0.371. The molecular weight excluding hydrogens is 374 g/mol. The van der Waals surface area contributed by atoms with Crippen LogP contribution >= 0.6 is 15.9 Å². The smallest absolute Gasteiger partial charge is 0.264 e. The van der Waals surface area contributed by atoms with Crippen molar-refractivity contribution in [2.75, 3.05) is 11.4 Å². The van der Waals surface area contributed by atoms with Crippen molar-refractivity contribution in [3.63, 3.8) is 0 Å². The molecule has 0 unspecified atom stereocenters. The van der Waals surface area contributed by atoms with Crippen LogP contribution in [-0.2, 0) is 10.4 Å². The van der Waals surface area contributed by atoms with E-state index in [1.807, 2.05) is 13.0 Å². The Balaban J connectivity index is 2.05. The van der Waals surface area contributed by atoms with Gasteiger partial charge in [0, 0.05) is 16.6 Å². The molecule has 24 heavy (non-hydrogen) atoms. The Kier molecular flexibility index (Phi) is 4.13. The average Bonchev–Trinajstić information content (AvgIpc) is 2.96. The Morgan fingerprint density at radius 2 is 2.08 bits per heavy atom. The Bertz CT molecular complexity index is 822. The van der Waals surface area contributed by atoms with Crippen LogP contribution in [0.3, 0.4) is 0 Å².